The van der Waals surface area contributed by atoms with Gasteiger partial charge in [0.2, 0.25) is 5.91 Å². The van der Waals surface area contributed by atoms with Crippen LogP contribution in [0.15, 0.2) is 12.3 Å². The zero-order valence-electron chi connectivity index (χ0n) is 9.22. The molecule has 1 fully saturated rings. The maximum Gasteiger partial charge on any atom is 0.239 e. The summed E-state index contributed by atoms with van der Waals surface area (Å²) < 4.78 is 0. The van der Waals surface area contributed by atoms with E-state index in [1.54, 1.807) is 6.07 Å². The third-order valence-electron chi connectivity index (χ3n) is 2.53. The van der Waals surface area contributed by atoms with Crippen LogP contribution in [-0.2, 0) is 4.79 Å². The first-order chi connectivity index (χ1) is 8.18. The Labute approximate surface area is 104 Å². The number of hydrogen-bond acceptors (Lipinski definition) is 5. The van der Waals surface area contributed by atoms with Crippen LogP contribution in [-0.4, -0.2) is 40.7 Å². The predicted molar refractivity (Wildman–Crippen MR) is 67.8 cm³/mol. The summed E-state index contributed by atoms with van der Waals surface area (Å²) in [6.07, 6.45) is 2.40. The maximum absolute atomic E-state index is 11.5. The van der Waals surface area contributed by atoms with Gasteiger partial charge in [0.15, 0.2) is 5.82 Å². The third-order valence-corrected chi connectivity index (χ3v) is 2.75. The highest BCUT2D eigenvalue weighted by Crippen LogP contribution is 2.16. The Morgan fingerprint density at radius 3 is 3.18 bits per heavy atom. The number of nitrogens with zero attached hydrogens (tertiary/aromatic N) is 3. The van der Waals surface area contributed by atoms with Gasteiger partial charge in [0.1, 0.15) is 4.99 Å². The lowest BCUT2D eigenvalue weighted by atomic mass is 10.2. The zero-order chi connectivity index (χ0) is 12.3. The molecular formula is C10H13N5OS. The van der Waals surface area contributed by atoms with Gasteiger partial charge in [0.05, 0.1) is 18.3 Å². The zero-order valence-corrected chi connectivity index (χ0v) is 10.0. The number of rotatable bonds is 2. The first-order valence-electron chi connectivity index (χ1n) is 5.31. The number of nitrogens with one attached hydrogen (secondary N) is 1. The van der Waals surface area contributed by atoms with Gasteiger partial charge in [-0.3, -0.25) is 4.79 Å². The largest absolute Gasteiger partial charge is 0.389 e. The Bertz CT molecular complexity index is 450. The van der Waals surface area contributed by atoms with Gasteiger partial charge in [-0.05, 0) is 12.5 Å². The molecule has 1 aliphatic heterocycles. The molecule has 6 nitrogen and oxygen atoms in total. The van der Waals surface area contributed by atoms with Gasteiger partial charge in [-0.15, -0.1) is 5.10 Å². The van der Waals surface area contributed by atoms with Crippen molar-refractivity contribution in [3.8, 4) is 0 Å². The molecule has 1 amide bonds. The summed E-state index contributed by atoms with van der Waals surface area (Å²) in [7, 11) is 0. The van der Waals surface area contributed by atoms with Crippen LogP contribution in [0.3, 0.4) is 0 Å². The number of amides is 1. The van der Waals surface area contributed by atoms with Crippen molar-refractivity contribution < 1.29 is 4.79 Å². The molecule has 0 bridgehead atoms. The van der Waals surface area contributed by atoms with Crippen LogP contribution in [0.1, 0.15) is 12.0 Å². The van der Waals surface area contributed by atoms with E-state index in [2.05, 4.69) is 15.5 Å². The van der Waals surface area contributed by atoms with E-state index in [0.717, 1.165) is 13.0 Å². The van der Waals surface area contributed by atoms with Gasteiger partial charge >= 0.3 is 0 Å². The van der Waals surface area contributed by atoms with Gasteiger partial charge in [-0.25, -0.2) is 0 Å². The van der Waals surface area contributed by atoms with E-state index in [0.29, 0.717) is 17.9 Å². The highest BCUT2D eigenvalue weighted by atomic mass is 32.1. The lowest BCUT2D eigenvalue weighted by Crippen LogP contribution is -2.35. The number of anilines is 1. The van der Waals surface area contributed by atoms with Gasteiger partial charge in [-0.1, -0.05) is 12.2 Å². The molecule has 0 unspecified atom stereocenters. The Morgan fingerprint density at radius 2 is 2.41 bits per heavy atom. The Kier molecular flexibility index (Phi) is 3.48. The molecule has 17 heavy (non-hydrogen) atoms. The number of carbonyl (C=O) groups is 1. The second-order valence-electron chi connectivity index (χ2n) is 3.76. The molecule has 0 atom stereocenters. The van der Waals surface area contributed by atoms with Crippen molar-refractivity contribution in [2.75, 3.05) is 24.5 Å². The van der Waals surface area contributed by atoms with Crippen molar-refractivity contribution in [3.63, 3.8) is 0 Å². The minimum Gasteiger partial charge on any atom is -0.389 e. The van der Waals surface area contributed by atoms with Gasteiger partial charge in [0.25, 0.3) is 0 Å². The molecule has 2 heterocycles. The summed E-state index contributed by atoms with van der Waals surface area (Å²) in [5.41, 5.74) is 6.29. The van der Waals surface area contributed by atoms with Gasteiger partial charge in [-0.2, -0.15) is 5.10 Å². The van der Waals surface area contributed by atoms with Gasteiger partial charge < -0.3 is 16.0 Å². The van der Waals surface area contributed by atoms with E-state index in [-0.39, 0.29) is 17.4 Å². The molecule has 0 spiro atoms. The summed E-state index contributed by atoms with van der Waals surface area (Å²) in [6.45, 7) is 1.67. The summed E-state index contributed by atoms with van der Waals surface area (Å²) in [6, 6.07) is 1.72. The molecule has 1 aromatic heterocycles. The normalized spacial score (nSPS) is 16.2. The highest BCUT2D eigenvalue weighted by Gasteiger charge is 2.19. The van der Waals surface area contributed by atoms with Crippen LogP contribution < -0.4 is 16.0 Å². The average Bonchev–Trinajstić information content (AvgIpc) is 2.54. The lowest BCUT2D eigenvalue weighted by molar-refractivity contribution is -0.119. The SMILES string of the molecule is NC(=S)c1ccnnc1N1CCCNC(=O)C1. The lowest BCUT2D eigenvalue weighted by Gasteiger charge is -2.21. The van der Waals surface area contributed by atoms with Crippen LogP contribution >= 0.6 is 12.2 Å². The summed E-state index contributed by atoms with van der Waals surface area (Å²) in [5.74, 6) is 0.555. The smallest absolute Gasteiger partial charge is 0.239 e. The fraction of sp³-hybridized carbons (Fsp3) is 0.400. The van der Waals surface area contributed by atoms with Crippen molar-refractivity contribution in [2.45, 2.75) is 6.42 Å². The molecule has 7 heteroatoms. The number of carbonyl (C=O) groups excluding carboxylic acids is 1. The average molecular weight is 251 g/mol. The molecule has 0 radical (unpaired) electrons. The van der Waals surface area contributed by atoms with Gasteiger partial charge in [0, 0.05) is 13.1 Å². The molecule has 2 rings (SSSR count). The molecule has 0 aliphatic carbocycles. The second-order valence-corrected chi connectivity index (χ2v) is 4.20. The second kappa shape index (κ2) is 5.05. The Hall–Kier alpha value is -1.76. The number of thiocarbonyl (C=S) groups is 1. The summed E-state index contributed by atoms with van der Waals surface area (Å²) in [5, 5.41) is 10.6. The van der Waals surface area contributed by atoms with Crippen molar-refractivity contribution in [1.82, 2.24) is 15.5 Å². The first-order valence-corrected chi connectivity index (χ1v) is 5.72. The quantitative estimate of drug-likeness (QED) is 0.685. The van der Waals surface area contributed by atoms with Crippen LogP contribution in [0.2, 0.25) is 0 Å². The minimum atomic E-state index is -0.0259. The van der Waals surface area contributed by atoms with E-state index in [1.807, 2.05) is 4.90 Å². The van der Waals surface area contributed by atoms with E-state index in [1.165, 1.54) is 6.20 Å². The van der Waals surface area contributed by atoms with E-state index < -0.39 is 0 Å². The molecule has 1 aliphatic rings. The third kappa shape index (κ3) is 2.68. The minimum absolute atomic E-state index is 0.0259. The van der Waals surface area contributed by atoms with Crippen molar-refractivity contribution in [2.24, 2.45) is 5.73 Å². The van der Waals surface area contributed by atoms with Crippen LogP contribution in [0.4, 0.5) is 5.82 Å². The predicted octanol–water partition coefficient (Wildman–Crippen LogP) is -0.563. The number of nitrogens with two attached hydrogens (primary N) is 1. The van der Waals surface area contributed by atoms with Crippen LogP contribution in [0.25, 0.3) is 0 Å². The van der Waals surface area contributed by atoms with Crippen molar-refractivity contribution in [3.05, 3.63) is 17.8 Å². The monoisotopic (exact) mass is 251 g/mol. The molecule has 1 saturated heterocycles. The van der Waals surface area contributed by atoms with Crippen molar-refractivity contribution >= 4 is 28.9 Å². The van der Waals surface area contributed by atoms with Crippen molar-refractivity contribution in [1.29, 1.82) is 0 Å². The molecule has 1 aromatic rings. The Morgan fingerprint density at radius 1 is 1.59 bits per heavy atom. The Balaban J connectivity index is 2.31. The first kappa shape index (κ1) is 11.7. The number of hydrogen-bond donors (Lipinski definition) is 2. The number of aromatic nitrogens is 2. The fourth-order valence-electron chi connectivity index (χ4n) is 1.74. The standard InChI is InChI=1S/C10H13N5OS/c11-9(17)7-2-4-13-14-10(7)15-5-1-3-12-8(16)6-15/h2,4H,1,3,5-6H2,(H2,11,17)(H,12,16). The molecular weight excluding hydrogens is 238 g/mol. The van der Waals surface area contributed by atoms with E-state index in [9.17, 15) is 4.79 Å². The topological polar surface area (TPSA) is 84.1 Å². The highest BCUT2D eigenvalue weighted by molar-refractivity contribution is 7.80. The molecule has 90 valence electrons. The molecule has 0 saturated carbocycles. The molecule has 3 N–H and O–H groups in total. The van der Waals surface area contributed by atoms with Crippen LogP contribution in [0, 0.1) is 0 Å². The van der Waals surface area contributed by atoms with E-state index >= 15 is 0 Å². The fourth-order valence-corrected chi connectivity index (χ4v) is 1.90. The van der Waals surface area contributed by atoms with Crippen LogP contribution in [0.5, 0.6) is 0 Å². The summed E-state index contributed by atoms with van der Waals surface area (Å²) >= 11 is 4.96. The maximum atomic E-state index is 11.5. The molecule has 0 aromatic carbocycles. The summed E-state index contributed by atoms with van der Waals surface area (Å²) in [4.78, 5) is 13.6. The van der Waals surface area contributed by atoms with E-state index in [4.69, 9.17) is 18.0 Å².